The third kappa shape index (κ3) is 5.98. The molecule has 1 amide bonds. The maximum absolute atomic E-state index is 12.7. The van der Waals surface area contributed by atoms with Crippen molar-refractivity contribution in [2.75, 3.05) is 7.11 Å². The van der Waals surface area contributed by atoms with Gasteiger partial charge in [0.2, 0.25) is 0 Å². The molecule has 0 fully saturated rings. The average molecular weight is 454 g/mol. The number of carbonyl (C=O) groups is 1. The maximum atomic E-state index is 12.7. The first-order valence-corrected chi connectivity index (χ1v) is 10.4. The third-order valence-electron chi connectivity index (χ3n) is 4.46. The molecule has 0 aliphatic heterocycles. The lowest BCUT2D eigenvalue weighted by Crippen LogP contribution is -2.30. The molecule has 0 aliphatic rings. The fourth-order valence-corrected chi connectivity index (χ4v) is 3.09. The summed E-state index contributed by atoms with van der Waals surface area (Å²) in [5.74, 6) is 0.584. The minimum absolute atomic E-state index is 0.00262. The molecule has 0 radical (unpaired) electrons. The molecule has 2 aromatic carbocycles. The van der Waals surface area contributed by atoms with E-state index in [1.807, 2.05) is 26.0 Å². The van der Waals surface area contributed by atoms with Crippen LogP contribution in [0.4, 0.5) is 0 Å². The molecule has 1 N–H and O–H groups in total. The minimum Gasteiger partial charge on any atom is -0.493 e. The summed E-state index contributed by atoms with van der Waals surface area (Å²) >= 11 is 5.90. The Morgan fingerprint density at radius 3 is 2.59 bits per heavy atom. The molecule has 0 atom stereocenters. The number of methoxy groups -OCH3 is 1. The van der Waals surface area contributed by atoms with Crippen LogP contribution in [0.15, 0.2) is 70.7 Å². The summed E-state index contributed by atoms with van der Waals surface area (Å²) in [6.07, 6.45) is 3.08. The Bertz CT molecular complexity index is 1170. The average Bonchev–Trinajstić information content (AvgIpc) is 2.76. The first-order valence-electron chi connectivity index (χ1n) is 9.99. The Kier molecular flexibility index (Phi) is 7.68. The van der Waals surface area contributed by atoms with Gasteiger partial charge in [0.05, 0.1) is 26.0 Å². The van der Waals surface area contributed by atoms with E-state index in [4.69, 9.17) is 21.1 Å². The van der Waals surface area contributed by atoms with Gasteiger partial charge in [-0.25, -0.2) is 5.43 Å². The maximum Gasteiger partial charge on any atom is 0.276 e. The number of benzene rings is 2. The predicted molar refractivity (Wildman–Crippen MR) is 125 cm³/mol. The van der Waals surface area contributed by atoms with Crippen molar-refractivity contribution in [1.29, 1.82) is 0 Å². The van der Waals surface area contributed by atoms with Gasteiger partial charge in [-0.2, -0.15) is 5.10 Å². The van der Waals surface area contributed by atoms with E-state index in [0.717, 1.165) is 5.56 Å². The summed E-state index contributed by atoms with van der Waals surface area (Å²) in [6.45, 7) is 4.16. The zero-order chi connectivity index (χ0) is 23.1. The summed E-state index contributed by atoms with van der Waals surface area (Å²) in [4.78, 5) is 25.2. The zero-order valence-corrected chi connectivity index (χ0v) is 18.8. The number of hydrogen-bond acceptors (Lipinski definition) is 5. The molecular formula is C24H24ClN3O4. The van der Waals surface area contributed by atoms with E-state index in [2.05, 4.69) is 10.5 Å². The predicted octanol–water partition coefficient (Wildman–Crippen LogP) is 4.11. The number of ether oxygens (including phenoxy) is 2. The Hall–Kier alpha value is -3.58. The van der Waals surface area contributed by atoms with Gasteiger partial charge in [0.15, 0.2) is 11.5 Å². The summed E-state index contributed by atoms with van der Waals surface area (Å²) in [5.41, 5.74) is 3.59. The van der Waals surface area contributed by atoms with E-state index in [0.29, 0.717) is 28.6 Å². The van der Waals surface area contributed by atoms with Crippen LogP contribution < -0.4 is 20.5 Å². The van der Waals surface area contributed by atoms with Crippen LogP contribution in [0, 0.1) is 0 Å². The number of nitrogens with one attached hydrogen (secondary N) is 1. The van der Waals surface area contributed by atoms with Gasteiger partial charge in [0.25, 0.3) is 11.5 Å². The molecule has 166 valence electrons. The Balaban J connectivity index is 1.72. The number of nitrogens with zero attached hydrogens (tertiary/aromatic N) is 2. The van der Waals surface area contributed by atoms with Crippen molar-refractivity contribution in [3.05, 3.63) is 92.9 Å². The number of hydrazone groups is 1. The van der Waals surface area contributed by atoms with Crippen molar-refractivity contribution in [3.8, 4) is 11.5 Å². The molecule has 0 unspecified atom stereocenters. The second-order valence-corrected chi connectivity index (χ2v) is 7.69. The molecule has 8 heteroatoms. The van der Waals surface area contributed by atoms with E-state index in [1.54, 1.807) is 49.7 Å². The highest BCUT2D eigenvalue weighted by Crippen LogP contribution is 2.28. The van der Waals surface area contributed by atoms with E-state index < -0.39 is 11.5 Å². The molecule has 7 nitrogen and oxygen atoms in total. The quantitative estimate of drug-likeness (QED) is 0.411. The van der Waals surface area contributed by atoms with E-state index in [9.17, 15) is 9.59 Å². The van der Waals surface area contributed by atoms with Crippen LogP contribution in [0.2, 0.25) is 5.02 Å². The van der Waals surface area contributed by atoms with Crippen LogP contribution in [0.3, 0.4) is 0 Å². The normalized spacial score (nSPS) is 11.0. The number of aromatic nitrogens is 1. The van der Waals surface area contributed by atoms with Crippen molar-refractivity contribution in [2.24, 2.45) is 5.10 Å². The smallest absolute Gasteiger partial charge is 0.276 e. The lowest BCUT2D eigenvalue weighted by atomic mass is 10.2. The molecule has 0 bridgehead atoms. The van der Waals surface area contributed by atoms with Gasteiger partial charge in [-0.05, 0) is 67.4 Å². The van der Waals surface area contributed by atoms with Crippen molar-refractivity contribution >= 4 is 23.7 Å². The Labute approximate surface area is 191 Å². The van der Waals surface area contributed by atoms with E-state index in [-0.39, 0.29) is 11.7 Å². The van der Waals surface area contributed by atoms with Crippen molar-refractivity contribution < 1.29 is 14.3 Å². The lowest BCUT2D eigenvalue weighted by molar-refractivity contribution is 0.0953. The third-order valence-corrected chi connectivity index (χ3v) is 4.71. The molecule has 1 aromatic heterocycles. The molecule has 0 saturated heterocycles. The zero-order valence-electron chi connectivity index (χ0n) is 18.0. The summed E-state index contributed by atoms with van der Waals surface area (Å²) in [7, 11) is 1.57. The topological polar surface area (TPSA) is 81.9 Å². The number of carbonyl (C=O) groups excluding carboxylic acids is 1. The summed E-state index contributed by atoms with van der Waals surface area (Å²) in [6, 6.07) is 15.6. The summed E-state index contributed by atoms with van der Waals surface area (Å²) in [5, 5.41) is 4.59. The molecule has 0 aliphatic carbocycles. The standard InChI is InChI=1S/C24H24ClN3O4/c1-16(2)32-22-13-18(8-11-21(22)31-3)14-26-27-23(29)20-5-4-12-28(24(20)30)15-17-6-9-19(25)10-7-17/h4-14,16H,15H2,1-3H3,(H,27,29)/b26-14-. The van der Waals surface area contributed by atoms with Crippen molar-refractivity contribution in [3.63, 3.8) is 0 Å². The fraction of sp³-hybridized carbons (Fsp3) is 0.208. The Morgan fingerprint density at radius 1 is 1.16 bits per heavy atom. The van der Waals surface area contributed by atoms with E-state index in [1.165, 1.54) is 16.8 Å². The van der Waals surface area contributed by atoms with Crippen molar-refractivity contribution in [1.82, 2.24) is 9.99 Å². The number of pyridine rings is 1. The monoisotopic (exact) mass is 453 g/mol. The summed E-state index contributed by atoms with van der Waals surface area (Å²) < 4.78 is 12.5. The van der Waals surface area contributed by atoms with Gasteiger partial charge in [0.1, 0.15) is 5.56 Å². The van der Waals surface area contributed by atoms with Crippen LogP contribution in [0.1, 0.15) is 35.3 Å². The molecule has 3 rings (SSSR count). The van der Waals surface area contributed by atoms with Gasteiger partial charge < -0.3 is 14.0 Å². The molecule has 32 heavy (non-hydrogen) atoms. The van der Waals surface area contributed by atoms with Crippen molar-refractivity contribution in [2.45, 2.75) is 26.5 Å². The lowest BCUT2D eigenvalue weighted by Gasteiger charge is -2.13. The van der Waals surface area contributed by atoms with Crippen LogP contribution in [-0.2, 0) is 6.54 Å². The van der Waals surface area contributed by atoms with Crippen LogP contribution in [0.5, 0.6) is 11.5 Å². The Morgan fingerprint density at radius 2 is 1.91 bits per heavy atom. The van der Waals surface area contributed by atoms with Gasteiger partial charge in [0, 0.05) is 11.2 Å². The van der Waals surface area contributed by atoms with Crippen LogP contribution in [0.25, 0.3) is 0 Å². The second-order valence-electron chi connectivity index (χ2n) is 7.26. The largest absolute Gasteiger partial charge is 0.493 e. The first kappa shape index (κ1) is 23.1. The van der Waals surface area contributed by atoms with Gasteiger partial charge in [-0.15, -0.1) is 0 Å². The SMILES string of the molecule is COc1ccc(/C=N\NC(=O)c2cccn(Cc3ccc(Cl)cc3)c2=O)cc1OC(C)C. The highest BCUT2D eigenvalue weighted by atomic mass is 35.5. The molecular weight excluding hydrogens is 430 g/mol. The minimum atomic E-state index is -0.594. The first-order chi connectivity index (χ1) is 15.4. The number of halogens is 1. The molecule has 0 spiro atoms. The number of hydrogen-bond donors (Lipinski definition) is 1. The van der Waals surface area contributed by atoms with Crippen LogP contribution in [-0.4, -0.2) is 29.9 Å². The number of rotatable bonds is 8. The molecule has 3 aromatic rings. The van der Waals surface area contributed by atoms with Crippen LogP contribution >= 0.6 is 11.6 Å². The van der Waals surface area contributed by atoms with Gasteiger partial charge in [-0.3, -0.25) is 9.59 Å². The highest BCUT2D eigenvalue weighted by Gasteiger charge is 2.12. The molecule has 1 heterocycles. The van der Waals surface area contributed by atoms with E-state index >= 15 is 0 Å². The van der Waals surface area contributed by atoms with Gasteiger partial charge in [-0.1, -0.05) is 23.7 Å². The second kappa shape index (κ2) is 10.6. The molecule has 0 saturated carbocycles. The highest BCUT2D eigenvalue weighted by molar-refractivity contribution is 6.30. The number of amides is 1. The fourth-order valence-electron chi connectivity index (χ4n) is 2.97. The van der Waals surface area contributed by atoms with Gasteiger partial charge >= 0.3 is 0 Å².